The number of rotatable bonds is 4. The van der Waals surface area contributed by atoms with Crippen LogP contribution >= 0.6 is 0 Å². The standard InChI is InChI=1S/C11H21N5/c1-8-9(2)14-15-10(13-8)16(5)7-11(3,4)6-12/h6-7,12H2,1-5H3. The van der Waals surface area contributed by atoms with Crippen LogP contribution in [0.2, 0.25) is 0 Å². The van der Waals surface area contributed by atoms with E-state index in [1.54, 1.807) is 0 Å². The summed E-state index contributed by atoms with van der Waals surface area (Å²) in [5, 5.41) is 8.15. The molecule has 0 radical (unpaired) electrons. The minimum Gasteiger partial charge on any atom is -0.342 e. The summed E-state index contributed by atoms with van der Waals surface area (Å²) in [6.07, 6.45) is 0. The van der Waals surface area contributed by atoms with Crippen molar-refractivity contribution in [3.63, 3.8) is 0 Å². The first-order valence-corrected chi connectivity index (χ1v) is 5.45. The summed E-state index contributed by atoms with van der Waals surface area (Å²) >= 11 is 0. The van der Waals surface area contributed by atoms with Crippen LogP contribution in [-0.4, -0.2) is 35.3 Å². The highest BCUT2D eigenvalue weighted by Crippen LogP contribution is 2.17. The third-order valence-electron chi connectivity index (χ3n) is 2.64. The molecule has 0 fully saturated rings. The molecule has 0 bridgehead atoms. The van der Waals surface area contributed by atoms with Gasteiger partial charge in [0, 0.05) is 13.6 Å². The van der Waals surface area contributed by atoms with E-state index in [0.717, 1.165) is 17.9 Å². The van der Waals surface area contributed by atoms with E-state index in [9.17, 15) is 0 Å². The maximum atomic E-state index is 5.70. The molecular formula is C11H21N5. The van der Waals surface area contributed by atoms with E-state index >= 15 is 0 Å². The van der Waals surface area contributed by atoms with Gasteiger partial charge in [-0.2, -0.15) is 5.10 Å². The monoisotopic (exact) mass is 223 g/mol. The van der Waals surface area contributed by atoms with E-state index in [1.165, 1.54) is 0 Å². The van der Waals surface area contributed by atoms with Gasteiger partial charge in [0.15, 0.2) is 0 Å². The van der Waals surface area contributed by atoms with E-state index < -0.39 is 0 Å². The van der Waals surface area contributed by atoms with Gasteiger partial charge in [0.2, 0.25) is 5.95 Å². The molecule has 5 nitrogen and oxygen atoms in total. The molecule has 0 aliphatic heterocycles. The molecule has 2 N–H and O–H groups in total. The summed E-state index contributed by atoms with van der Waals surface area (Å²) in [7, 11) is 1.96. The Morgan fingerprint density at radius 3 is 2.31 bits per heavy atom. The van der Waals surface area contributed by atoms with Gasteiger partial charge >= 0.3 is 0 Å². The molecule has 0 saturated carbocycles. The Bertz CT molecular complexity index is 361. The number of hydrogen-bond acceptors (Lipinski definition) is 5. The van der Waals surface area contributed by atoms with Gasteiger partial charge in [0.25, 0.3) is 0 Å². The minimum absolute atomic E-state index is 0.0525. The predicted octanol–water partition coefficient (Wildman–Crippen LogP) is 0.910. The van der Waals surface area contributed by atoms with Crippen LogP contribution in [0.3, 0.4) is 0 Å². The fraction of sp³-hybridized carbons (Fsp3) is 0.727. The maximum absolute atomic E-state index is 5.70. The van der Waals surface area contributed by atoms with Crippen molar-refractivity contribution in [2.75, 3.05) is 25.0 Å². The van der Waals surface area contributed by atoms with Gasteiger partial charge in [-0.3, -0.25) is 0 Å². The quantitative estimate of drug-likeness (QED) is 0.821. The van der Waals surface area contributed by atoms with Crippen molar-refractivity contribution in [1.29, 1.82) is 0 Å². The van der Waals surface area contributed by atoms with Crippen molar-refractivity contribution in [3.05, 3.63) is 11.4 Å². The largest absolute Gasteiger partial charge is 0.342 e. The van der Waals surface area contributed by atoms with E-state index in [-0.39, 0.29) is 5.41 Å². The first-order chi connectivity index (χ1) is 7.35. The zero-order valence-electron chi connectivity index (χ0n) is 10.8. The fourth-order valence-electron chi connectivity index (χ4n) is 1.38. The van der Waals surface area contributed by atoms with Crippen LogP contribution in [0.1, 0.15) is 25.2 Å². The van der Waals surface area contributed by atoms with Crippen LogP contribution in [0, 0.1) is 19.3 Å². The number of nitrogens with two attached hydrogens (primary N) is 1. The van der Waals surface area contributed by atoms with E-state index in [4.69, 9.17) is 5.73 Å². The normalized spacial score (nSPS) is 11.6. The Labute approximate surface area is 97.1 Å². The lowest BCUT2D eigenvalue weighted by molar-refractivity contribution is 0.382. The summed E-state index contributed by atoms with van der Waals surface area (Å²) in [4.78, 5) is 6.39. The zero-order chi connectivity index (χ0) is 12.3. The van der Waals surface area contributed by atoms with Gasteiger partial charge in [-0.05, 0) is 25.8 Å². The summed E-state index contributed by atoms with van der Waals surface area (Å²) in [5.74, 6) is 0.657. The highest BCUT2D eigenvalue weighted by Gasteiger charge is 2.20. The van der Waals surface area contributed by atoms with Gasteiger partial charge < -0.3 is 10.6 Å². The SMILES string of the molecule is Cc1nnc(N(C)CC(C)(C)CN)nc1C. The van der Waals surface area contributed by atoms with Crippen molar-refractivity contribution in [3.8, 4) is 0 Å². The first kappa shape index (κ1) is 12.8. The first-order valence-electron chi connectivity index (χ1n) is 5.45. The third-order valence-corrected chi connectivity index (χ3v) is 2.64. The average molecular weight is 223 g/mol. The van der Waals surface area contributed by atoms with E-state index in [2.05, 4.69) is 29.0 Å². The minimum atomic E-state index is 0.0525. The summed E-state index contributed by atoms with van der Waals surface area (Å²) in [6, 6.07) is 0. The lowest BCUT2D eigenvalue weighted by atomic mass is 9.93. The smallest absolute Gasteiger partial charge is 0.245 e. The van der Waals surface area contributed by atoms with Crippen LogP contribution < -0.4 is 10.6 Å². The lowest BCUT2D eigenvalue weighted by Gasteiger charge is -2.28. The molecule has 1 aromatic rings. The molecule has 1 heterocycles. The molecule has 0 atom stereocenters. The number of hydrogen-bond donors (Lipinski definition) is 1. The van der Waals surface area contributed by atoms with Gasteiger partial charge in [-0.1, -0.05) is 13.8 Å². The van der Waals surface area contributed by atoms with Crippen LogP contribution in [0.25, 0.3) is 0 Å². The van der Waals surface area contributed by atoms with E-state index in [0.29, 0.717) is 12.5 Å². The Hall–Kier alpha value is -1.23. The van der Waals surface area contributed by atoms with Crippen molar-refractivity contribution in [1.82, 2.24) is 15.2 Å². The highest BCUT2D eigenvalue weighted by molar-refractivity contribution is 5.28. The molecule has 1 rings (SSSR count). The number of aryl methyl sites for hydroxylation is 2. The van der Waals surface area contributed by atoms with Gasteiger partial charge in [0.05, 0.1) is 11.4 Å². The molecule has 1 aromatic heterocycles. The second-order valence-electron chi connectivity index (χ2n) is 5.01. The van der Waals surface area contributed by atoms with Gasteiger partial charge in [-0.25, -0.2) is 4.98 Å². The predicted molar refractivity (Wildman–Crippen MR) is 65.4 cm³/mol. The molecule has 5 heteroatoms. The highest BCUT2D eigenvalue weighted by atomic mass is 15.3. The molecule has 0 aromatic carbocycles. The Morgan fingerprint density at radius 2 is 1.81 bits per heavy atom. The van der Waals surface area contributed by atoms with Crippen LogP contribution in [0.4, 0.5) is 5.95 Å². The second kappa shape index (κ2) is 4.74. The van der Waals surface area contributed by atoms with Crippen molar-refractivity contribution in [2.24, 2.45) is 11.1 Å². The average Bonchev–Trinajstić information content (AvgIpc) is 2.21. The van der Waals surface area contributed by atoms with Crippen molar-refractivity contribution in [2.45, 2.75) is 27.7 Å². The summed E-state index contributed by atoms with van der Waals surface area (Å²) in [5.41, 5.74) is 7.55. The molecule has 0 unspecified atom stereocenters. The van der Waals surface area contributed by atoms with Crippen LogP contribution in [-0.2, 0) is 0 Å². The molecule has 0 saturated heterocycles. The Balaban J connectivity index is 2.81. The Kier molecular flexibility index (Phi) is 3.80. The molecule has 0 aliphatic carbocycles. The third kappa shape index (κ3) is 3.13. The number of nitrogens with zero attached hydrogens (tertiary/aromatic N) is 4. The Morgan fingerprint density at radius 1 is 1.19 bits per heavy atom. The van der Waals surface area contributed by atoms with Crippen LogP contribution in [0.15, 0.2) is 0 Å². The zero-order valence-corrected chi connectivity index (χ0v) is 10.8. The topological polar surface area (TPSA) is 67.9 Å². The summed E-state index contributed by atoms with van der Waals surface area (Å²) in [6.45, 7) is 9.54. The number of aromatic nitrogens is 3. The van der Waals surface area contributed by atoms with Gasteiger partial charge in [0.1, 0.15) is 0 Å². The molecule has 0 aliphatic rings. The molecular weight excluding hydrogens is 202 g/mol. The molecule has 90 valence electrons. The van der Waals surface area contributed by atoms with Crippen LogP contribution in [0.5, 0.6) is 0 Å². The maximum Gasteiger partial charge on any atom is 0.245 e. The van der Waals surface area contributed by atoms with Crippen molar-refractivity contribution < 1.29 is 0 Å². The van der Waals surface area contributed by atoms with Crippen molar-refractivity contribution >= 4 is 5.95 Å². The molecule has 0 amide bonds. The van der Waals surface area contributed by atoms with Gasteiger partial charge in [-0.15, -0.1) is 5.10 Å². The molecule has 0 spiro atoms. The second-order valence-corrected chi connectivity index (χ2v) is 5.01. The molecule has 16 heavy (non-hydrogen) atoms. The fourth-order valence-corrected chi connectivity index (χ4v) is 1.38. The number of anilines is 1. The summed E-state index contributed by atoms with van der Waals surface area (Å²) < 4.78 is 0. The van der Waals surface area contributed by atoms with E-state index in [1.807, 2.05) is 25.8 Å². The lowest BCUT2D eigenvalue weighted by Crippen LogP contribution is -2.37.